The first-order valence-corrected chi connectivity index (χ1v) is 9.58. The summed E-state index contributed by atoms with van der Waals surface area (Å²) in [5.74, 6) is 2.53. The van der Waals surface area contributed by atoms with E-state index in [4.69, 9.17) is 9.15 Å². The first-order valence-electron chi connectivity index (χ1n) is 9.58. The molecule has 3 N–H and O–H groups in total. The molecule has 1 aromatic heterocycles. The number of para-hydroxylation sites is 1. The zero-order valence-electron chi connectivity index (χ0n) is 16.9. The molecule has 6 nitrogen and oxygen atoms in total. The minimum atomic E-state index is -0.0699. The SMILES string of the molecule is CCNC(=NCc1ccc(O)cc1)NC(C)c1cc2cccc(OCC)c2o1.I. The zero-order valence-corrected chi connectivity index (χ0v) is 19.3. The van der Waals surface area contributed by atoms with E-state index in [1.54, 1.807) is 12.1 Å². The van der Waals surface area contributed by atoms with Gasteiger partial charge in [0.2, 0.25) is 0 Å². The third kappa shape index (κ3) is 6.03. The lowest BCUT2D eigenvalue weighted by Crippen LogP contribution is -2.38. The monoisotopic (exact) mass is 509 g/mol. The predicted molar refractivity (Wildman–Crippen MR) is 127 cm³/mol. The second-order valence-corrected chi connectivity index (χ2v) is 6.48. The van der Waals surface area contributed by atoms with E-state index in [0.29, 0.717) is 19.1 Å². The molecule has 29 heavy (non-hydrogen) atoms. The first-order chi connectivity index (χ1) is 13.6. The van der Waals surface area contributed by atoms with Crippen LogP contribution in [0.1, 0.15) is 38.1 Å². The second kappa shape index (κ2) is 10.9. The molecule has 0 fully saturated rings. The maximum absolute atomic E-state index is 9.40. The third-order valence-electron chi connectivity index (χ3n) is 4.31. The van der Waals surface area contributed by atoms with Gasteiger partial charge in [0, 0.05) is 11.9 Å². The fourth-order valence-electron chi connectivity index (χ4n) is 2.91. The topological polar surface area (TPSA) is 79.0 Å². The standard InChI is InChI=1S/C22H27N3O3.HI/c1-4-23-22(24-14-16-9-11-18(26)12-10-16)25-15(3)20-13-17-7-6-8-19(27-5-2)21(17)28-20;/h6-13,15,26H,4-5,14H2,1-3H3,(H2,23,24,25);1H. The van der Waals surface area contributed by atoms with E-state index in [-0.39, 0.29) is 35.8 Å². The number of ether oxygens (including phenoxy) is 1. The fraction of sp³-hybridized carbons (Fsp3) is 0.318. The van der Waals surface area contributed by atoms with Crippen LogP contribution in [0.4, 0.5) is 0 Å². The van der Waals surface area contributed by atoms with Crippen molar-refractivity contribution in [2.75, 3.05) is 13.2 Å². The Morgan fingerprint density at radius 3 is 2.62 bits per heavy atom. The maximum Gasteiger partial charge on any atom is 0.192 e. The summed E-state index contributed by atoms with van der Waals surface area (Å²) in [6.45, 7) is 7.88. The van der Waals surface area contributed by atoms with Crippen molar-refractivity contribution in [1.29, 1.82) is 0 Å². The Morgan fingerprint density at radius 2 is 1.93 bits per heavy atom. The van der Waals surface area contributed by atoms with Crippen LogP contribution in [-0.4, -0.2) is 24.2 Å². The number of aliphatic imine (C=N–C) groups is 1. The Labute approximate surface area is 188 Å². The predicted octanol–water partition coefficient (Wildman–Crippen LogP) is 4.97. The van der Waals surface area contributed by atoms with Crippen molar-refractivity contribution in [2.24, 2.45) is 4.99 Å². The summed E-state index contributed by atoms with van der Waals surface area (Å²) in [4.78, 5) is 4.63. The molecular formula is C22H28IN3O3. The quantitative estimate of drug-likeness (QED) is 0.238. The van der Waals surface area contributed by atoms with Gasteiger partial charge in [0.15, 0.2) is 17.3 Å². The van der Waals surface area contributed by atoms with Crippen molar-refractivity contribution in [2.45, 2.75) is 33.4 Å². The molecule has 3 rings (SSSR count). The molecule has 0 radical (unpaired) electrons. The Balaban J connectivity index is 0.00000300. The van der Waals surface area contributed by atoms with E-state index >= 15 is 0 Å². The second-order valence-electron chi connectivity index (χ2n) is 6.48. The van der Waals surface area contributed by atoms with E-state index in [9.17, 15) is 5.11 Å². The third-order valence-corrected chi connectivity index (χ3v) is 4.31. The summed E-state index contributed by atoms with van der Waals surface area (Å²) in [5, 5.41) is 17.0. The van der Waals surface area contributed by atoms with E-state index in [1.165, 1.54) is 0 Å². The highest BCUT2D eigenvalue weighted by Gasteiger charge is 2.15. The molecule has 1 unspecified atom stereocenters. The molecule has 156 valence electrons. The van der Waals surface area contributed by atoms with Crippen LogP contribution < -0.4 is 15.4 Å². The van der Waals surface area contributed by atoms with Gasteiger partial charge in [0.25, 0.3) is 0 Å². The molecule has 0 aliphatic carbocycles. The summed E-state index contributed by atoms with van der Waals surface area (Å²) in [7, 11) is 0. The minimum Gasteiger partial charge on any atom is -0.508 e. The number of furan rings is 1. The molecule has 2 aromatic carbocycles. The number of fused-ring (bicyclic) bond motifs is 1. The summed E-state index contributed by atoms with van der Waals surface area (Å²) in [6.07, 6.45) is 0. The Bertz CT molecular complexity index is 938. The van der Waals surface area contributed by atoms with Crippen LogP contribution in [0.2, 0.25) is 0 Å². The van der Waals surface area contributed by atoms with Gasteiger partial charge in [0.05, 0.1) is 19.2 Å². The Kier molecular flexibility index (Phi) is 8.63. The van der Waals surface area contributed by atoms with Gasteiger partial charge in [0.1, 0.15) is 11.5 Å². The molecule has 0 saturated carbocycles. The average Bonchev–Trinajstić information content (AvgIpc) is 3.13. The van der Waals surface area contributed by atoms with Gasteiger partial charge in [-0.25, -0.2) is 4.99 Å². The van der Waals surface area contributed by atoms with Gasteiger partial charge in [-0.15, -0.1) is 24.0 Å². The number of hydrogen-bond acceptors (Lipinski definition) is 4. The van der Waals surface area contributed by atoms with E-state index < -0.39 is 0 Å². The smallest absolute Gasteiger partial charge is 0.192 e. The van der Waals surface area contributed by atoms with Crippen molar-refractivity contribution < 1.29 is 14.3 Å². The molecule has 0 spiro atoms. The molecule has 0 aliphatic rings. The van der Waals surface area contributed by atoms with Crippen LogP contribution in [0.3, 0.4) is 0 Å². The van der Waals surface area contributed by atoms with Gasteiger partial charge in [-0.1, -0.05) is 24.3 Å². The van der Waals surface area contributed by atoms with Crippen LogP contribution in [0, 0.1) is 0 Å². The van der Waals surface area contributed by atoms with Crippen LogP contribution in [0.5, 0.6) is 11.5 Å². The molecule has 1 atom stereocenters. The number of aromatic hydroxyl groups is 1. The summed E-state index contributed by atoms with van der Waals surface area (Å²) in [5.41, 5.74) is 1.78. The number of guanidine groups is 1. The molecule has 1 heterocycles. The number of phenols is 1. The zero-order chi connectivity index (χ0) is 19.9. The van der Waals surface area contributed by atoms with Gasteiger partial charge in [-0.2, -0.15) is 0 Å². The van der Waals surface area contributed by atoms with Gasteiger partial charge >= 0.3 is 0 Å². The number of halogens is 1. The van der Waals surface area contributed by atoms with Crippen molar-refractivity contribution in [3.8, 4) is 11.5 Å². The number of hydrogen-bond donors (Lipinski definition) is 3. The maximum atomic E-state index is 9.40. The lowest BCUT2D eigenvalue weighted by Gasteiger charge is -2.16. The Hall–Kier alpha value is -2.42. The molecule has 0 aliphatic heterocycles. The van der Waals surface area contributed by atoms with Crippen LogP contribution >= 0.6 is 24.0 Å². The van der Waals surface area contributed by atoms with E-state index in [2.05, 4.69) is 15.6 Å². The molecular weight excluding hydrogens is 481 g/mol. The Morgan fingerprint density at radius 1 is 1.17 bits per heavy atom. The highest BCUT2D eigenvalue weighted by Crippen LogP contribution is 2.31. The highest BCUT2D eigenvalue weighted by atomic mass is 127. The minimum absolute atomic E-state index is 0. The number of nitrogens with zero attached hydrogens (tertiary/aromatic N) is 1. The highest BCUT2D eigenvalue weighted by molar-refractivity contribution is 14.0. The van der Waals surface area contributed by atoms with E-state index in [0.717, 1.165) is 34.6 Å². The van der Waals surface area contributed by atoms with Crippen LogP contribution in [-0.2, 0) is 6.54 Å². The fourth-order valence-corrected chi connectivity index (χ4v) is 2.91. The molecule has 7 heteroatoms. The summed E-state index contributed by atoms with van der Waals surface area (Å²) >= 11 is 0. The molecule has 0 amide bonds. The summed E-state index contributed by atoms with van der Waals surface area (Å²) in [6, 6.07) is 14.9. The molecule has 3 aromatic rings. The van der Waals surface area contributed by atoms with Crippen molar-refractivity contribution in [3.05, 3.63) is 59.9 Å². The first kappa shape index (κ1) is 22.9. The van der Waals surface area contributed by atoms with Crippen LogP contribution in [0.15, 0.2) is 57.9 Å². The van der Waals surface area contributed by atoms with Gasteiger partial charge in [-0.3, -0.25) is 0 Å². The lowest BCUT2D eigenvalue weighted by atomic mass is 10.2. The average molecular weight is 509 g/mol. The molecule has 0 saturated heterocycles. The number of benzene rings is 2. The van der Waals surface area contributed by atoms with Gasteiger partial charge in [-0.05, 0) is 50.6 Å². The number of phenolic OH excluding ortho intramolecular Hbond substituents is 1. The van der Waals surface area contributed by atoms with Gasteiger partial charge < -0.3 is 24.9 Å². The summed E-state index contributed by atoms with van der Waals surface area (Å²) < 4.78 is 11.7. The largest absolute Gasteiger partial charge is 0.508 e. The van der Waals surface area contributed by atoms with Crippen molar-refractivity contribution in [1.82, 2.24) is 10.6 Å². The van der Waals surface area contributed by atoms with Crippen molar-refractivity contribution >= 4 is 40.9 Å². The van der Waals surface area contributed by atoms with Crippen molar-refractivity contribution in [3.63, 3.8) is 0 Å². The molecule has 0 bridgehead atoms. The number of rotatable bonds is 7. The van der Waals surface area contributed by atoms with E-state index in [1.807, 2.05) is 57.2 Å². The van der Waals surface area contributed by atoms with Crippen LogP contribution in [0.25, 0.3) is 11.0 Å². The normalized spacial score (nSPS) is 12.3. The number of nitrogens with one attached hydrogen (secondary N) is 2. The lowest BCUT2D eigenvalue weighted by molar-refractivity contribution is 0.336.